The molecule has 0 unspecified atom stereocenters. The molecule has 4 heteroatoms. The summed E-state index contributed by atoms with van der Waals surface area (Å²) in [7, 11) is 0. The van der Waals surface area contributed by atoms with E-state index in [2.05, 4.69) is 41.8 Å². The van der Waals surface area contributed by atoms with E-state index in [0.29, 0.717) is 12.4 Å². The smallest absolute Gasteiger partial charge is 0.162 e. The molecule has 0 atom stereocenters. The molecule has 1 fully saturated rings. The van der Waals surface area contributed by atoms with E-state index in [1.165, 1.54) is 16.8 Å². The Bertz CT molecular complexity index is 722. The van der Waals surface area contributed by atoms with E-state index in [1.807, 2.05) is 25.1 Å². The highest BCUT2D eigenvalue weighted by molar-refractivity contribution is 5.55. The van der Waals surface area contributed by atoms with Gasteiger partial charge >= 0.3 is 0 Å². The third-order valence-corrected chi connectivity index (χ3v) is 4.85. The average molecular weight is 340 g/mol. The quantitative estimate of drug-likeness (QED) is 0.900. The van der Waals surface area contributed by atoms with Crippen LogP contribution in [-0.4, -0.2) is 42.8 Å². The molecule has 0 saturated carbocycles. The molecule has 0 spiro atoms. The Kier molecular flexibility index (Phi) is 5.49. The van der Waals surface area contributed by atoms with Crippen LogP contribution in [0.4, 0.5) is 5.69 Å². The van der Waals surface area contributed by atoms with E-state index >= 15 is 0 Å². The number of rotatable bonds is 5. The van der Waals surface area contributed by atoms with Crippen molar-refractivity contribution in [2.75, 3.05) is 37.7 Å². The molecule has 0 bridgehead atoms. The predicted molar refractivity (Wildman–Crippen MR) is 103 cm³/mol. The van der Waals surface area contributed by atoms with E-state index in [4.69, 9.17) is 4.74 Å². The van der Waals surface area contributed by atoms with Gasteiger partial charge in [-0.15, -0.1) is 0 Å². The molecule has 0 aromatic heterocycles. The zero-order valence-corrected chi connectivity index (χ0v) is 15.5. The zero-order chi connectivity index (χ0) is 17.8. The molecule has 1 heterocycles. The first-order valence-corrected chi connectivity index (χ1v) is 9.06. The van der Waals surface area contributed by atoms with Crippen molar-refractivity contribution in [3.8, 4) is 11.5 Å². The van der Waals surface area contributed by atoms with Gasteiger partial charge in [0.25, 0.3) is 0 Å². The van der Waals surface area contributed by atoms with Crippen molar-refractivity contribution in [2.45, 2.75) is 27.3 Å². The van der Waals surface area contributed by atoms with Gasteiger partial charge in [0.15, 0.2) is 11.5 Å². The summed E-state index contributed by atoms with van der Waals surface area (Å²) in [6.07, 6.45) is 0. The Hall–Kier alpha value is -2.20. The van der Waals surface area contributed by atoms with E-state index in [9.17, 15) is 5.11 Å². The number of nitrogens with zero attached hydrogens (tertiary/aromatic N) is 2. The van der Waals surface area contributed by atoms with E-state index < -0.39 is 0 Å². The Morgan fingerprint density at radius 1 is 1.04 bits per heavy atom. The lowest BCUT2D eigenvalue weighted by Crippen LogP contribution is -2.46. The van der Waals surface area contributed by atoms with E-state index in [1.54, 1.807) is 0 Å². The summed E-state index contributed by atoms with van der Waals surface area (Å²) in [5.74, 6) is 0.857. The van der Waals surface area contributed by atoms with Crippen LogP contribution >= 0.6 is 0 Å². The Labute approximate surface area is 150 Å². The van der Waals surface area contributed by atoms with Gasteiger partial charge < -0.3 is 14.7 Å². The largest absolute Gasteiger partial charge is 0.504 e. The van der Waals surface area contributed by atoms with Crippen LogP contribution in [0.2, 0.25) is 0 Å². The maximum Gasteiger partial charge on any atom is 0.162 e. The molecule has 1 N–H and O–H groups in total. The van der Waals surface area contributed by atoms with E-state index in [0.717, 1.165) is 38.3 Å². The van der Waals surface area contributed by atoms with Crippen LogP contribution in [-0.2, 0) is 6.54 Å². The van der Waals surface area contributed by atoms with Gasteiger partial charge in [-0.05, 0) is 44.0 Å². The fourth-order valence-electron chi connectivity index (χ4n) is 3.42. The van der Waals surface area contributed by atoms with Crippen molar-refractivity contribution in [3.05, 3.63) is 53.1 Å². The number of phenols is 1. The molecule has 2 aromatic rings. The molecule has 1 aliphatic rings. The van der Waals surface area contributed by atoms with Crippen molar-refractivity contribution in [3.63, 3.8) is 0 Å². The van der Waals surface area contributed by atoms with Gasteiger partial charge in [-0.25, -0.2) is 0 Å². The number of anilines is 1. The standard InChI is InChI=1S/C21H28N2O2/c1-4-25-20-7-5-6-18(21(20)24)15-22-10-12-23(13-11-22)19-14-16(2)8-9-17(19)3/h5-9,14,24H,4,10-13,15H2,1-3H3. The van der Waals surface area contributed by atoms with Gasteiger partial charge in [-0.3, -0.25) is 4.90 Å². The average Bonchev–Trinajstić information content (AvgIpc) is 2.61. The minimum atomic E-state index is 0.279. The summed E-state index contributed by atoms with van der Waals surface area (Å²) in [5, 5.41) is 10.4. The van der Waals surface area contributed by atoms with Crippen LogP contribution in [0, 0.1) is 13.8 Å². The van der Waals surface area contributed by atoms with Crippen molar-refractivity contribution >= 4 is 5.69 Å². The number of hydrogen-bond donors (Lipinski definition) is 1. The minimum Gasteiger partial charge on any atom is -0.504 e. The number of para-hydroxylation sites is 1. The Morgan fingerprint density at radius 3 is 2.52 bits per heavy atom. The number of aryl methyl sites for hydroxylation is 2. The molecule has 0 radical (unpaired) electrons. The SMILES string of the molecule is CCOc1cccc(CN2CCN(c3cc(C)ccc3C)CC2)c1O. The van der Waals surface area contributed by atoms with Crippen molar-refractivity contribution in [1.82, 2.24) is 4.90 Å². The number of phenolic OH excluding ortho intramolecular Hbond substituents is 1. The van der Waals surface area contributed by atoms with Gasteiger partial charge in [0.05, 0.1) is 6.61 Å². The summed E-state index contributed by atoms with van der Waals surface area (Å²) >= 11 is 0. The van der Waals surface area contributed by atoms with E-state index in [-0.39, 0.29) is 5.75 Å². The monoisotopic (exact) mass is 340 g/mol. The first kappa shape index (κ1) is 17.6. The number of hydrogen-bond acceptors (Lipinski definition) is 4. The van der Waals surface area contributed by atoms with Crippen molar-refractivity contribution in [1.29, 1.82) is 0 Å². The maximum atomic E-state index is 10.4. The van der Waals surface area contributed by atoms with Crippen LogP contribution in [0.5, 0.6) is 11.5 Å². The number of aromatic hydroxyl groups is 1. The second-order valence-electron chi connectivity index (χ2n) is 6.75. The second kappa shape index (κ2) is 7.79. The summed E-state index contributed by atoms with van der Waals surface area (Å²) < 4.78 is 5.49. The fourth-order valence-corrected chi connectivity index (χ4v) is 3.42. The first-order chi connectivity index (χ1) is 12.1. The molecule has 2 aromatic carbocycles. The molecule has 1 aliphatic heterocycles. The molecule has 0 aliphatic carbocycles. The second-order valence-corrected chi connectivity index (χ2v) is 6.75. The third-order valence-electron chi connectivity index (χ3n) is 4.85. The highest BCUT2D eigenvalue weighted by Crippen LogP contribution is 2.31. The zero-order valence-electron chi connectivity index (χ0n) is 15.5. The molecule has 1 saturated heterocycles. The van der Waals surface area contributed by atoms with Crippen LogP contribution in [0.25, 0.3) is 0 Å². The summed E-state index contributed by atoms with van der Waals surface area (Å²) in [5.41, 5.74) is 4.92. The van der Waals surface area contributed by atoms with Gasteiger partial charge in [0.1, 0.15) is 0 Å². The third kappa shape index (κ3) is 4.07. The number of ether oxygens (including phenoxy) is 1. The van der Waals surface area contributed by atoms with Crippen LogP contribution in [0.3, 0.4) is 0 Å². The van der Waals surface area contributed by atoms with Gasteiger partial charge in [0, 0.05) is 44.0 Å². The number of piperazine rings is 1. The van der Waals surface area contributed by atoms with Crippen molar-refractivity contribution < 1.29 is 9.84 Å². The lowest BCUT2D eigenvalue weighted by atomic mass is 10.1. The number of benzene rings is 2. The van der Waals surface area contributed by atoms with Gasteiger partial charge in [0.2, 0.25) is 0 Å². The summed E-state index contributed by atoms with van der Waals surface area (Å²) in [6.45, 7) is 11.6. The minimum absolute atomic E-state index is 0.279. The molecular weight excluding hydrogens is 312 g/mol. The summed E-state index contributed by atoms with van der Waals surface area (Å²) in [4.78, 5) is 4.86. The van der Waals surface area contributed by atoms with Crippen LogP contribution < -0.4 is 9.64 Å². The van der Waals surface area contributed by atoms with Crippen LogP contribution in [0.1, 0.15) is 23.6 Å². The lowest BCUT2D eigenvalue weighted by molar-refractivity contribution is 0.244. The highest BCUT2D eigenvalue weighted by Gasteiger charge is 2.20. The topological polar surface area (TPSA) is 35.9 Å². The van der Waals surface area contributed by atoms with Crippen LogP contribution in [0.15, 0.2) is 36.4 Å². The Balaban J connectivity index is 1.63. The lowest BCUT2D eigenvalue weighted by Gasteiger charge is -2.37. The fraction of sp³-hybridized carbons (Fsp3) is 0.429. The molecule has 134 valence electrons. The van der Waals surface area contributed by atoms with Gasteiger partial charge in [-0.1, -0.05) is 24.3 Å². The molecular formula is C21H28N2O2. The molecule has 3 rings (SSSR count). The molecule has 25 heavy (non-hydrogen) atoms. The first-order valence-electron chi connectivity index (χ1n) is 9.06. The normalized spacial score (nSPS) is 15.4. The molecule has 0 amide bonds. The van der Waals surface area contributed by atoms with Crippen molar-refractivity contribution in [2.24, 2.45) is 0 Å². The highest BCUT2D eigenvalue weighted by atomic mass is 16.5. The maximum absolute atomic E-state index is 10.4. The Morgan fingerprint density at radius 2 is 1.80 bits per heavy atom. The summed E-state index contributed by atoms with van der Waals surface area (Å²) in [6, 6.07) is 12.4. The van der Waals surface area contributed by atoms with Gasteiger partial charge in [-0.2, -0.15) is 0 Å². The molecule has 4 nitrogen and oxygen atoms in total. The predicted octanol–water partition coefficient (Wildman–Crippen LogP) is 3.73.